The molecular weight excluding hydrogens is 288 g/mol. The maximum absolute atomic E-state index is 13.3. The van der Waals surface area contributed by atoms with Crippen molar-refractivity contribution in [3.8, 4) is 0 Å². The molecule has 1 aliphatic rings. The SMILES string of the molecule is O=C(c1cc(F)cc(F)c1)N1CCOC(c2ccccc2)C1. The number of rotatable bonds is 2. The Balaban J connectivity index is 1.78. The zero-order valence-corrected chi connectivity index (χ0v) is 11.8. The van der Waals surface area contributed by atoms with Crippen LogP contribution < -0.4 is 0 Å². The summed E-state index contributed by atoms with van der Waals surface area (Å²) < 4.78 is 32.2. The van der Waals surface area contributed by atoms with Gasteiger partial charge in [-0.3, -0.25) is 4.79 Å². The first-order valence-corrected chi connectivity index (χ1v) is 7.05. The van der Waals surface area contributed by atoms with E-state index in [-0.39, 0.29) is 17.6 Å². The molecule has 3 rings (SSSR count). The Labute approximate surface area is 127 Å². The molecule has 0 N–H and O–H groups in total. The Bertz CT molecular complexity index is 655. The molecule has 1 aliphatic heterocycles. The molecule has 0 saturated carbocycles. The zero-order chi connectivity index (χ0) is 15.5. The largest absolute Gasteiger partial charge is 0.370 e. The Morgan fingerprint density at radius 2 is 1.77 bits per heavy atom. The summed E-state index contributed by atoms with van der Waals surface area (Å²) in [4.78, 5) is 14.0. The average Bonchev–Trinajstić information content (AvgIpc) is 2.54. The van der Waals surface area contributed by atoms with Gasteiger partial charge in [0.15, 0.2) is 0 Å². The summed E-state index contributed by atoms with van der Waals surface area (Å²) in [5.41, 5.74) is 0.997. The van der Waals surface area contributed by atoms with E-state index in [1.165, 1.54) is 0 Å². The number of hydrogen-bond acceptors (Lipinski definition) is 2. The Hall–Kier alpha value is -2.27. The van der Waals surface area contributed by atoms with Gasteiger partial charge < -0.3 is 9.64 Å². The number of amides is 1. The van der Waals surface area contributed by atoms with Crippen LogP contribution in [0.3, 0.4) is 0 Å². The summed E-state index contributed by atoms with van der Waals surface area (Å²) in [7, 11) is 0. The molecule has 1 heterocycles. The minimum Gasteiger partial charge on any atom is -0.370 e. The van der Waals surface area contributed by atoms with Crippen molar-refractivity contribution >= 4 is 5.91 Å². The highest BCUT2D eigenvalue weighted by atomic mass is 19.1. The van der Waals surface area contributed by atoms with Crippen LogP contribution in [0.2, 0.25) is 0 Å². The first kappa shape index (κ1) is 14.7. The van der Waals surface area contributed by atoms with Gasteiger partial charge in [-0.1, -0.05) is 30.3 Å². The maximum atomic E-state index is 13.3. The van der Waals surface area contributed by atoms with E-state index in [2.05, 4.69) is 0 Å². The molecule has 22 heavy (non-hydrogen) atoms. The highest BCUT2D eigenvalue weighted by molar-refractivity contribution is 5.94. The first-order chi connectivity index (χ1) is 10.6. The topological polar surface area (TPSA) is 29.5 Å². The van der Waals surface area contributed by atoms with Crippen molar-refractivity contribution in [3.05, 3.63) is 71.3 Å². The summed E-state index contributed by atoms with van der Waals surface area (Å²) in [5.74, 6) is -1.89. The number of halogens is 2. The molecule has 1 atom stereocenters. The van der Waals surface area contributed by atoms with Crippen LogP contribution in [-0.4, -0.2) is 30.5 Å². The molecule has 2 aromatic carbocycles. The van der Waals surface area contributed by atoms with Gasteiger partial charge in [-0.2, -0.15) is 0 Å². The number of ether oxygens (including phenoxy) is 1. The lowest BCUT2D eigenvalue weighted by Gasteiger charge is -2.33. The molecule has 1 amide bonds. The van der Waals surface area contributed by atoms with Crippen molar-refractivity contribution in [2.45, 2.75) is 6.10 Å². The fraction of sp³-hybridized carbons (Fsp3) is 0.235. The summed E-state index contributed by atoms with van der Waals surface area (Å²) in [6.07, 6.45) is -0.225. The monoisotopic (exact) mass is 303 g/mol. The van der Waals surface area contributed by atoms with E-state index < -0.39 is 11.6 Å². The number of hydrogen-bond donors (Lipinski definition) is 0. The minimum atomic E-state index is -0.754. The molecule has 0 aromatic heterocycles. The number of carbonyl (C=O) groups is 1. The number of morpholine rings is 1. The lowest BCUT2D eigenvalue weighted by atomic mass is 10.1. The summed E-state index contributed by atoms with van der Waals surface area (Å²) in [5, 5.41) is 0. The van der Waals surface area contributed by atoms with E-state index in [4.69, 9.17) is 4.74 Å². The number of nitrogens with zero attached hydrogens (tertiary/aromatic N) is 1. The molecule has 2 aromatic rings. The molecule has 114 valence electrons. The van der Waals surface area contributed by atoms with Crippen molar-refractivity contribution < 1.29 is 18.3 Å². The summed E-state index contributed by atoms with van der Waals surface area (Å²) in [6.45, 7) is 1.16. The van der Waals surface area contributed by atoms with Crippen LogP contribution in [0.4, 0.5) is 8.78 Å². The van der Waals surface area contributed by atoms with Crippen LogP contribution in [0.1, 0.15) is 22.0 Å². The van der Waals surface area contributed by atoms with Crippen LogP contribution in [0.15, 0.2) is 48.5 Å². The maximum Gasteiger partial charge on any atom is 0.254 e. The molecular formula is C17H15F2NO2. The highest BCUT2D eigenvalue weighted by Crippen LogP contribution is 2.23. The highest BCUT2D eigenvalue weighted by Gasteiger charge is 2.26. The third kappa shape index (κ3) is 3.14. The Morgan fingerprint density at radius 1 is 1.09 bits per heavy atom. The van der Waals surface area contributed by atoms with Gasteiger partial charge in [-0.15, -0.1) is 0 Å². The molecule has 3 nitrogen and oxygen atoms in total. The second-order valence-electron chi connectivity index (χ2n) is 5.18. The molecule has 0 radical (unpaired) electrons. The Kier molecular flexibility index (Phi) is 4.15. The molecule has 0 aliphatic carbocycles. The quantitative estimate of drug-likeness (QED) is 0.853. The second kappa shape index (κ2) is 6.23. The molecule has 0 spiro atoms. The predicted octanol–water partition coefficient (Wildman–Crippen LogP) is 3.18. The minimum absolute atomic E-state index is 0.0196. The van der Waals surface area contributed by atoms with Gasteiger partial charge in [0.1, 0.15) is 17.7 Å². The van der Waals surface area contributed by atoms with Crippen molar-refractivity contribution in [3.63, 3.8) is 0 Å². The normalized spacial score (nSPS) is 18.3. The van der Waals surface area contributed by atoms with Crippen molar-refractivity contribution in [2.24, 2.45) is 0 Å². The third-order valence-electron chi connectivity index (χ3n) is 3.63. The average molecular weight is 303 g/mol. The fourth-order valence-electron chi connectivity index (χ4n) is 2.56. The van der Waals surface area contributed by atoms with E-state index in [0.717, 1.165) is 23.8 Å². The second-order valence-corrected chi connectivity index (χ2v) is 5.18. The standard InChI is InChI=1S/C17H15F2NO2/c18-14-8-13(9-15(19)10-14)17(21)20-6-7-22-16(11-20)12-4-2-1-3-5-12/h1-5,8-10,16H,6-7,11H2. The van der Waals surface area contributed by atoms with Crippen molar-refractivity contribution in [1.29, 1.82) is 0 Å². The van der Waals surface area contributed by atoms with E-state index in [1.54, 1.807) is 4.90 Å². The van der Waals surface area contributed by atoms with Gasteiger partial charge in [0, 0.05) is 18.2 Å². The van der Waals surface area contributed by atoms with Crippen LogP contribution in [0, 0.1) is 11.6 Å². The van der Waals surface area contributed by atoms with Crippen molar-refractivity contribution in [1.82, 2.24) is 4.90 Å². The molecule has 0 bridgehead atoms. The van der Waals surface area contributed by atoms with Gasteiger partial charge in [-0.25, -0.2) is 8.78 Å². The predicted molar refractivity (Wildman–Crippen MR) is 77.4 cm³/mol. The van der Waals surface area contributed by atoms with Gasteiger partial charge >= 0.3 is 0 Å². The molecule has 1 fully saturated rings. The third-order valence-corrected chi connectivity index (χ3v) is 3.63. The van der Waals surface area contributed by atoms with Crippen LogP contribution in [0.5, 0.6) is 0 Å². The van der Waals surface area contributed by atoms with Gasteiger partial charge in [0.25, 0.3) is 5.91 Å². The Morgan fingerprint density at radius 3 is 2.45 bits per heavy atom. The molecule has 5 heteroatoms. The number of benzene rings is 2. The van der Waals surface area contributed by atoms with E-state index in [9.17, 15) is 13.6 Å². The van der Waals surface area contributed by atoms with Crippen LogP contribution in [0.25, 0.3) is 0 Å². The first-order valence-electron chi connectivity index (χ1n) is 7.05. The summed E-state index contributed by atoms with van der Waals surface area (Å²) >= 11 is 0. The lowest BCUT2D eigenvalue weighted by molar-refractivity contribution is -0.0228. The molecule has 1 saturated heterocycles. The molecule has 1 unspecified atom stereocenters. The number of carbonyl (C=O) groups excluding carboxylic acids is 1. The lowest BCUT2D eigenvalue weighted by Crippen LogP contribution is -2.42. The van der Waals surface area contributed by atoms with Gasteiger partial charge in [-0.05, 0) is 17.7 Å². The van der Waals surface area contributed by atoms with Crippen LogP contribution in [-0.2, 0) is 4.74 Å². The van der Waals surface area contributed by atoms with Gasteiger partial charge in [0.05, 0.1) is 13.2 Å². The van der Waals surface area contributed by atoms with Crippen LogP contribution >= 0.6 is 0 Å². The van der Waals surface area contributed by atoms with E-state index >= 15 is 0 Å². The summed E-state index contributed by atoms with van der Waals surface area (Å²) in [6, 6.07) is 12.4. The fourth-order valence-corrected chi connectivity index (χ4v) is 2.56. The smallest absolute Gasteiger partial charge is 0.254 e. The van der Waals surface area contributed by atoms with Crippen molar-refractivity contribution in [2.75, 3.05) is 19.7 Å². The van der Waals surface area contributed by atoms with Gasteiger partial charge in [0.2, 0.25) is 0 Å². The van der Waals surface area contributed by atoms with E-state index in [0.29, 0.717) is 19.7 Å². The zero-order valence-electron chi connectivity index (χ0n) is 11.8. The van der Waals surface area contributed by atoms with E-state index in [1.807, 2.05) is 30.3 Å².